The molecule has 5 nitrogen and oxygen atoms in total. The Morgan fingerprint density at radius 2 is 2.15 bits per heavy atom. The summed E-state index contributed by atoms with van der Waals surface area (Å²) in [5.41, 5.74) is 6.83. The summed E-state index contributed by atoms with van der Waals surface area (Å²) in [7, 11) is 0. The number of nitrogens with two attached hydrogens (primary N) is 1. The van der Waals surface area contributed by atoms with Crippen LogP contribution < -0.4 is 10.5 Å². The smallest absolute Gasteiger partial charge is 0.167 e. The largest absolute Gasteiger partial charge is 0.483 e. The van der Waals surface area contributed by atoms with Gasteiger partial charge in [-0.3, -0.25) is 0 Å². The molecule has 0 saturated heterocycles. The maximum Gasteiger partial charge on any atom is 0.167 e. The van der Waals surface area contributed by atoms with Crippen LogP contribution in [0, 0.1) is 18.7 Å². The van der Waals surface area contributed by atoms with Crippen LogP contribution in [-0.4, -0.2) is 14.8 Å². The van der Waals surface area contributed by atoms with E-state index in [9.17, 15) is 4.39 Å². The Balaban J connectivity index is 2.09. The van der Waals surface area contributed by atoms with Crippen molar-refractivity contribution in [2.45, 2.75) is 33.9 Å². The van der Waals surface area contributed by atoms with E-state index < -0.39 is 5.82 Å². The second-order valence-electron chi connectivity index (χ2n) is 5.18. The Hall–Kier alpha value is -2.11. The average Bonchev–Trinajstić information content (AvgIpc) is 2.79. The number of rotatable bonds is 5. The minimum Gasteiger partial charge on any atom is -0.483 e. The molecule has 0 aliphatic carbocycles. The predicted octanol–water partition coefficient (Wildman–Crippen LogP) is 2.54. The zero-order valence-corrected chi connectivity index (χ0v) is 11.9. The summed E-state index contributed by atoms with van der Waals surface area (Å²) in [5, 5.41) is 4.13. The van der Waals surface area contributed by atoms with E-state index >= 15 is 0 Å². The molecule has 2 rings (SSSR count). The molecule has 1 aromatic carbocycles. The maximum atomic E-state index is 13.7. The van der Waals surface area contributed by atoms with Gasteiger partial charge in [0.25, 0.3) is 0 Å². The van der Waals surface area contributed by atoms with Crippen LogP contribution in [-0.2, 0) is 13.2 Å². The van der Waals surface area contributed by atoms with Crippen LogP contribution in [0.25, 0.3) is 0 Å². The topological polar surface area (TPSA) is 66.0 Å². The first-order valence-corrected chi connectivity index (χ1v) is 6.52. The molecule has 0 unspecified atom stereocenters. The van der Waals surface area contributed by atoms with Gasteiger partial charge in [0.15, 0.2) is 17.4 Å². The first kappa shape index (κ1) is 14.3. The molecule has 0 radical (unpaired) electrons. The van der Waals surface area contributed by atoms with Crippen molar-refractivity contribution >= 4 is 5.69 Å². The highest BCUT2D eigenvalue weighted by Crippen LogP contribution is 2.24. The summed E-state index contributed by atoms with van der Waals surface area (Å²) < 4.78 is 21.0. The fraction of sp³-hybridized carbons (Fsp3) is 0.429. The van der Waals surface area contributed by atoms with E-state index in [2.05, 4.69) is 23.9 Å². The van der Waals surface area contributed by atoms with Gasteiger partial charge in [-0.05, 0) is 24.5 Å². The Morgan fingerprint density at radius 3 is 2.85 bits per heavy atom. The van der Waals surface area contributed by atoms with E-state index in [4.69, 9.17) is 10.5 Å². The van der Waals surface area contributed by atoms with Crippen LogP contribution >= 0.6 is 0 Å². The maximum absolute atomic E-state index is 13.7. The molecular formula is C14H19FN4O. The number of hydrogen-bond acceptors (Lipinski definition) is 4. The Labute approximate surface area is 117 Å². The quantitative estimate of drug-likeness (QED) is 0.854. The Morgan fingerprint density at radius 1 is 1.40 bits per heavy atom. The van der Waals surface area contributed by atoms with Crippen molar-refractivity contribution < 1.29 is 9.13 Å². The lowest BCUT2D eigenvalue weighted by Gasteiger charge is -2.11. The lowest BCUT2D eigenvalue weighted by molar-refractivity contribution is 0.269. The SMILES string of the molecule is Cc1cc(OCc2ncnn2CC(C)C)c(F)cc1N. The molecule has 0 aliphatic rings. The number of nitrogen functional groups attached to an aromatic ring is 1. The van der Waals surface area contributed by atoms with Gasteiger partial charge in [0.05, 0.1) is 0 Å². The molecule has 2 aromatic rings. The van der Waals surface area contributed by atoms with E-state index in [1.165, 1.54) is 12.4 Å². The summed E-state index contributed by atoms with van der Waals surface area (Å²) in [5.74, 6) is 0.831. The van der Waals surface area contributed by atoms with Gasteiger partial charge in [-0.2, -0.15) is 5.10 Å². The van der Waals surface area contributed by atoms with Crippen LogP contribution in [0.15, 0.2) is 18.5 Å². The summed E-state index contributed by atoms with van der Waals surface area (Å²) >= 11 is 0. The van der Waals surface area contributed by atoms with E-state index in [0.717, 1.165) is 12.1 Å². The van der Waals surface area contributed by atoms with Crippen LogP contribution in [0.2, 0.25) is 0 Å². The third kappa shape index (κ3) is 3.26. The van der Waals surface area contributed by atoms with Crippen molar-refractivity contribution in [1.29, 1.82) is 0 Å². The molecule has 0 saturated carbocycles. The number of halogens is 1. The first-order chi connectivity index (χ1) is 9.47. The van der Waals surface area contributed by atoms with E-state index in [-0.39, 0.29) is 12.4 Å². The zero-order chi connectivity index (χ0) is 14.7. The molecule has 2 N–H and O–H groups in total. The van der Waals surface area contributed by atoms with Gasteiger partial charge in [-0.25, -0.2) is 14.1 Å². The average molecular weight is 278 g/mol. The Kier molecular flexibility index (Phi) is 4.22. The van der Waals surface area contributed by atoms with Gasteiger partial charge < -0.3 is 10.5 Å². The molecule has 1 aromatic heterocycles. The van der Waals surface area contributed by atoms with Crippen LogP contribution in [0.4, 0.5) is 10.1 Å². The molecule has 0 amide bonds. The van der Waals surface area contributed by atoms with Gasteiger partial charge in [0.1, 0.15) is 12.9 Å². The molecule has 0 fully saturated rings. The zero-order valence-electron chi connectivity index (χ0n) is 11.9. The minimum atomic E-state index is -0.469. The normalized spacial score (nSPS) is 11.1. The summed E-state index contributed by atoms with van der Waals surface area (Å²) in [6, 6.07) is 2.86. The van der Waals surface area contributed by atoms with Gasteiger partial charge in [-0.15, -0.1) is 0 Å². The number of ether oxygens (including phenoxy) is 1. The molecule has 0 spiro atoms. The molecule has 1 heterocycles. The van der Waals surface area contributed by atoms with Crippen LogP contribution in [0.5, 0.6) is 5.75 Å². The molecule has 0 bridgehead atoms. The molecular weight excluding hydrogens is 259 g/mol. The minimum absolute atomic E-state index is 0.174. The van der Waals surface area contributed by atoms with E-state index in [1.807, 2.05) is 6.92 Å². The van der Waals surface area contributed by atoms with Crippen LogP contribution in [0.3, 0.4) is 0 Å². The molecule has 0 aliphatic heterocycles. The highest BCUT2D eigenvalue weighted by molar-refractivity contribution is 5.50. The van der Waals surface area contributed by atoms with Crippen molar-refractivity contribution in [2.75, 3.05) is 5.73 Å². The molecule has 6 heteroatoms. The lowest BCUT2D eigenvalue weighted by atomic mass is 10.2. The second kappa shape index (κ2) is 5.90. The second-order valence-corrected chi connectivity index (χ2v) is 5.18. The van der Waals surface area contributed by atoms with Crippen LogP contribution in [0.1, 0.15) is 25.2 Å². The fourth-order valence-electron chi connectivity index (χ4n) is 1.82. The number of nitrogens with zero attached hydrogens (tertiary/aromatic N) is 3. The van der Waals surface area contributed by atoms with E-state index in [1.54, 1.807) is 10.7 Å². The number of benzene rings is 1. The molecule has 0 atom stereocenters. The number of aryl methyl sites for hydroxylation is 1. The highest BCUT2D eigenvalue weighted by Gasteiger charge is 2.10. The lowest BCUT2D eigenvalue weighted by Crippen LogP contribution is -2.12. The van der Waals surface area contributed by atoms with E-state index in [0.29, 0.717) is 17.4 Å². The van der Waals surface area contributed by atoms with Crippen molar-refractivity contribution in [3.8, 4) is 5.75 Å². The standard InChI is InChI=1S/C14H19FN4O/c1-9(2)6-19-14(17-8-18-19)7-20-13-4-10(3)12(16)5-11(13)15/h4-5,8-9H,6-7,16H2,1-3H3. The third-order valence-corrected chi connectivity index (χ3v) is 2.91. The third-order valence-electron chi connectivity index (χ3n) is 2.91. The molecule has 108 valence electrons. The number of aromatic nitrogens is 3. The summed E-state index contributed by atoms with van der Waals surface area (Å²) in [6.07, 6.45) is 1.48. The summed E-state index contributed by atoms with van der Waals surface area (Å²) in [6.45, 7) is 6.92. The fourth-order valence-corrected chi connectivity index (χ4v) is 1.82. The first-order valence-electron chi connectivity index (χ1n) is 6.52. The highest BCUT2D eigenvalue weighted by atomic mass is 19.1. The number of anilines is 1. The molecule has 20 heavy (non-hydrogen) atoms. The van der Waals surface area contributed by atoms with Crippen molar-refractivity contribution in [3.63, 3.8) is 0 Å². The summed E-state index contributed by atoms with van der Waals surface area (Å²) in [4.78, 5) is 4.13. The number of hydrogen-bond donors (Lipinski definition) is 1. The van der Waals surface area contributed by atoms with Gasteiger partial charge in [0, 0.05) is 18.3 Å². The van der Waals surface area contributed by atoms with Gasteiger partial charge in [-0.1, -0.05) is 13.8 Å². The monoisotopic (exact) mass is 278 g/mol. The van der Waals surface area contributed by atoms with Gasteiger partial charge in [0.2, 0.25) is 0 Å². The Bertz CT molecular complexity index is 595. The van der Waals surface area contributed by atoms with Gasteiger partial charge >= 0.3 is 0 Å². The predicted molar refractivity (Wildman–Crippen MR) is 74.7 cm³/mol. The van der Waals surface area contributed by atoms with Crippen molar-refractivity contribution in [3.05, 3.63) is 35.7 Å². The van der Waals surface area contributed by atoms with Crippen molar-refractivity contribution in [2.24, 2.45) is 5.92 Å². The van der Waals surface area contributed by atoms with Crippen molar-refractivity contribution in [1.82, 2.24) is 14.8 Å².